The maximum Gasteiger partial charge on any atom is 0.258 e. The van der Waals surface area contributed by atoms with E-state index in [1.807, 2.05) is 12.1 Å². The zero-order valence-corrected chi connectivity index (χ0v) is 18.5. The Morgan fingerprint density at radius 3 is 2.81 bits per heavy atom. The summed E-state index contributed by atoms with van der Waals surface area (Å²) in [5.74, 6) is -0.681. The predicted molar refractivity (Wildman–Crippen MR) is 114 cm³/mol. The fourth-order valence-corrected chi connectivity index (χ4v) is 4.64. The summed E-state index contributed by atoms with van der Waals surface area (Å²) >= 11 is 6.53. The van der Waals surface area contributed by atoms with E-state index in [9.17, 15) is 13.2 Å². The van der Waals surface area contributed by atoms with Crippen LogP contribution in [0.3, 0.4) is 0 Å². The first-order chi connectivity index (χ1) is 15.3. The van der Waals surface area contributed by atoms with Gasteiger partial charge in [0.05, 0.1) is 45.5 Å². The maximum atomic E-state index is 12.9. The van der Waals surface area contributed by atoms with Crippen LogP contribution in [-0.2, 0) is 21.1 Å². The molecule has 1 atom stereocenters. The zero-order chi connectivity index (χ0) is 23.3. The number of aromatic nitrogens is 1. The lowest BCUT2D eigenvalue weighted by atomic mass is 10.0. The molecule has 2 aromatic rings. The van der Waals surface area contributed by atoms with Crippen LogP contribution in [0.1, 0.15) is 47.7 Å². The Labute approximate surface area is 189 Å². The van der Waals surface area contributed by atoms with Crippen molar-refractivity contribution in [2.75, 3.05) is 11.1 Å². The number of oxime groups is 1. The molecule has 0 fully saturated rings. The minimum Gasteiger partial charge on any atom is -0.391 e. The van der Waals surface area contributed by atoms with E-state index < -0.39 is 21.8 Å². The van der Waals surface area contributed by atoms with Crippen molar-refractivity contribution in [1.29, 1.82) is 10.5 Å². The molecule has 10 nitrogen and oxygen atoms in total. The molecule has 0 saturated carbocycles. The third-order valence-corrected chi connectivity index (χ3v) is 6.95. The molecule has 12 heteroatoms. The van der Waals surface area contributed by atoms with Crippen molar-refractivity contribution in [3.8, 4) is 12.1 Å². The summed E-state index contributed by atoms with van der Waals surface area (Å²) in [6.07, 6.45) is 1.58. The van der Waals surface area contributed by atoms with E-state index in [0.29, 0.717) is 12.0 Å². The van der Waals surface area contributed by atoms with E-state index in [1.54, 1.807) is 0 Å². The molecule has 32 heavy (non-hydrogen) atoms. The van der Waals surface area contributed by atoms with Crippen molar-refractivity contribution in [1.82, 2.24) is 5.16 Å². The molecule has 1 N–H and O–H groups in total. The fourth-order valence-electron chi connectivity index (χ4n) is 3.11. The summed E-state index contributed by atoms with van der Waals surface area (Å²) in [4.78, 5) is 18.1. The largest absolute Gasteiger partial charge is 0.391 e. The molecule has 0 bridgehead atoms. The molecule has 0 aliphatic carbocycles. The van der Waals surface area contributed by atoms with Crippen LogP contribution in [0.5, 0.6) is 0 Å². The molecular weight excluding hydrogens is 458 g/mol. The summed E-state index contributed by atoms with van der Waals surface area (Å²) in [6.45, 7) is 1.49. The standard InChI is InChI=1S/C20H18ClN5O5S/c1-2-32(28,29)16-6-5-14(18(21)17(16)15-10-13(7-9-23)31-25-15)20(27)24-19-12(4-3-8-22)11-30-26-19/h5-6,11,13H,2-4,7,10H2,1H3,(H,24,26,27). The lowest BCUT2D eigenvalue weighted by Crippen LogP contribution is -2.18. The summed E-state index contributed by atoms with van der Waals surface area (Å²) in [6, 6.07) is 6.58. The van der Waals surface area contributed by atoms with Crippen LogP contribution in [0.25, 0.3) is 0 Å². The molecule has 1 aliphatic rings. The topological polar surface area (TPSA) is 158 Å². The molecule has 1 aromatic carbocycles. The Balaban J connectivity index is 2.00. The van der Waals surface area contributed by atoms with Gasteiger partial charge in [0, 0.05) is 24.0 Å². The quantitative estimate of drug-likeness (QED) is 0.609. The number of carbonyl (C=O) groups excluding carboxylic acids is 1. The minimum atomic E-state index is -3.70. The number of nitrogens with zero attached hydrogens (tertiary/aromatic N) is 4. The number of nitrogens with one attached hydrogen (secondary N) is 1. The molecule has 1 aromatic heterocycles. The van der Waals surface area contributed by atoms with Gasteiger partial charge in [-0.25, -0.2) is 8.42 Å². The average molecular weight is 476 g/mol. The fraction of sp³-hybridized carbons (Fsp3) is 0.350. The summed E-state index contributed by atoms with van der Waals surface area (Å²) in [7, 11) is -3.70. The summed E-state index contributed by atoms with van der Waals surface area (Å²) in [5.41, 5.74) is 0.853. The number of carbonyl (C=O) groups is 1. The molecule has 0 radical (unpaired) electrons. The average Bonchev–Trinajstić information content (AvgIpc) is 3.41. The van der Waals surface area contributed by atoms with Gasteiger partial charge in [-0.15, -0.1) is 0 Å². The van der Waals surface area contributed by atoms with Gasteiger partial charge in [-0.05, 0) is 18.6 Å². The van der Waals surface area contributed by atoms with Gasteiger partial charge in [-0.1, -0.05) is 28.8 Å². The smallest absolute Gasteiger partial charge is 0.258 e. The van der Waals surface area contributed by atoms with E-state index in [-0.39, 0.29) is 57.6 Å². The number of sulfone groups is 1. The highest BCUT2D eigenvalue weighted by molar-refractivity contribution is 7.91. The molecule has 0 spiro atoms. The normalized spacial score (nSPS) is 15.4. The molecule has 1 aliphatic heterocycles. The van der Waals surface area contributed by atoms with E-state index in [1.165, 1.54) is 25.3 Å². The van der Waals surface area contributed by atoms with Crippen LogP contribution in [0.2, 0.25) is 5.02 Å². The van der Waals surface area contributed by atoms with Crippen LogP contribution in [0.4, 0.5) is 5.82 Å². The number of benzene rings is 1. The van der Waals surface area contributed by atoms with Crippen molar-refractivity contribution in [3.05, 3.63) is 40.1 Å². The van der Waals surface area contributed by atoms with Crippen molar-refractivity contribution in [3.63, 3.8) is 0 Å². The van der Waals surface area contributed by atoms with E-state index in [0.717, 1.165) is 0 Å². The SMILES string of the molecule is CCS(=O)(=O)c1ccc(C(=O)Nc2nocc2CCC#N)c(Cl)c1C1=NOC(CC#N)C1. The number of hydrogen-bond donors (Lipinski definition) is 1. The van der Waals surface area contributed by atoms with Crippen molar-refractivity contribution in [2.45, 2.75) is 43.6 Å². The zero-order valence-electron chi connectivity index (χ0n) is 17.0. The highest BCUT2D eigenvalue weighted by Gasteiger charge is 2.31. The Morgan fingerprint density at radius 1 is 1.34 bits per heavy atom. The van der Waals surface area contributed by atoms with Gasteiger partial charge in [-0.3, -0.25) is 4.79 Å². The number of nitriles is 2. The lowest BCUT2D eigenvalue weighted by Gasteiger charge is -2.14. The van der Waals surface area contributed by atoms with Crippen LogP contribution in [0, 0.1) is 22.7 Å². The monoisotopic (exact) mass is 475 g/mol. The van der Waals surface area contributed by atoms with Gasteiger partial charge < -0.3 is 14.7 Å². The molecule has 2 heterocycles. The second-order valence-corrected chi connectivity index (χ2v) is 9.46. The van der Waals surface area contributed by atoms with Crippen molar-refractivity contribution >= 4 is 38.9 Å². The van der Waals surface area contributed by atoms with E-state index in [4.69, 9.17) is 31.5 Å². The number of halogens is 1. The van der Waals surface area contributed by atoms with Gasteiger partial charge in [0.15, 0.2) is 15.7 Å². The Kier molecular flexibility index (Phi) is 7.13. The summed E-state index contributed by atoms with van der Waals surface area (Å²) in [5, 5.41) is 27.8. The first kappa shape index (κ1) is 23.3. The van der Waals surface area contributed by atoms with Crippen LogP contribution < -0.4 is 5.32 Å². The minimum absolute atomic E-state index is 0.00242. The van der Waals surface area contributed by atoms with Crippen molar-refractivity contribution < 1.29 is 22.6 Å². The molecule has 0 saturated heterocycles. The third kappa shape index (κ3) is 4.74. The van der Waals surface area contributed by atoms with E-state index in [2.05, 4.69) is 15.6 Å². The number of aryl methyl sites for hydroxylation is 1. The highest BCUT2D eigenvalue weighted by atomic mass is 35.5. The second-order valence-electron chi connectivity index (χ2n) is 6.84. The molecule has 1 unspecified atom stereocenters. The number of amides is 1. The number of rotatable bonds is 8. The van der Waals surface area contributed by atoms with Crippen molar-refractivity contribution in [2.24, 2.45) is 5.16 Å². The molecule has 166 valence electrons. The van der Waals surface area contributed by atoms with Gasteiger partial charge in [0.25, 0.3) is 5.91 Å². The van der Waals surface area contributed by atoms with E-state index >= 15 is 0 Å². The van der Waals surface area contributed by atoms with Gasteiger partial charge >= 0.3 is 0 Å². The first-order valence-electron chi connectivity index (χ1n) is 9.59. The lowest BCUT2D eigenvalue weighted by molar-refractivity contribution is 0.0891. The predicted octanol–water partition coefficient (Wildman–Crippen LogP) is 3.24. The second kappa shape index (κ2) is 9.81. The first-order valence-corrected chi connectivity index (χ1v) is 11.6. The third-order valence-electron chi connectivity index (χ3n) is 4.79. The molecule has 3 rings (SSSR count). The Bertz CT molecular complexity index is 1260. The Hall–Kier alpha value is -3.41. The number of hydrogen-bond acceptors (Lipinski definition) is 9. The summed E-state index contributed by atoms with van der Waals surface area (Å²) < 4.78 is 30.2. The van der Waals surface area contributed by atoms with Crippen LogP contribution >= 0.6 is 11.6 Å². The van der Waals surface area contributed by atoms with Crippen LogP contribution in [0.15, 0.2) is 33.0 Å². The Morgan fingerprint density at radius 2 is 2.12 bits per heavy atom. The van der Waals surface area contributed by atoms with Gasteiger partial charge in [0.2, 0.25) is 0 Å². The molecule has 1 amide bonds. The van der Waals surface area contributed by atoms with Crippen LogP contribution in [-0.4, -0.2) is 37.1 Å². The van der Waals surface area contributed by atoms with Gasteiger partial charge in [-0.2, -0.15) is 10.5 Å². The number of anilines is 1. The molecular formula is C20H18ClN5O5S. The van der Waals surface area contributed by atoms with Gasteiger partial charge in [0.1, 0.15) is 12.4 Å². The highest BCUT2D eigenvalue weighted by Crippen LogP contribution is 2.33. The maximum absolute atomic E-state index is 12.9.